The average molecular weight is 301 g/mol. The molecule has 21 heavy (non-hydrogen) atoms. The number of aliphatic carboxylic acids is 1. The molecule has 0 radical (unpaired) electrons. The first-order valence-electron chi connectivity index (χ1n) is 6.79. The SMILES string of the molecule is CC(CCc1ccc(OC(F)F)cc1)N(C)C(C)C(=O)O. The van der Waals surface area contributed by atoms with Crippen LogP contribution < -0.4 is 4.74 Å². The standard InChI is InChI=1S/C15H21F2NO3/c1-10(18(3)11(2)14(19)20)4-5-12-6-8-13(9-7-12)21-15(16)17/h6-11,15H,4-5H2,1-3H3,(H,19,20). The van der Waals surface area contributed by atoms with Gasteiger partial charge in [0.1, 0.15) is 11.8 Å². The molecule has 118 valence electrons. The zero-order chi connectivity index (χ0) is 16.0. The second-order valence-corrected chi connectivity index (χ2v) is 5.09. The van der Waals surface area contributed by atoms with Crippen LogP contribution in [0.2, 0.25) is 0 Å². The maximum atomic E-state index is 12.0. The summed E-state index contributed by atoms with van der Waals surface area (Å²) in [5.41, 5.74) is 1.000. The molecule has 0 aliphatic rings. The Morgan fingerprint density at radius 1 is 1.29 bits per heavy atom. The van der Waals surface area contributed by atoms with Gasteiger partial charge in [0.15, 0.2) is 0 Å². The van der Waals surface area contributed by atoms with E-state index in [4.69, 9.17) is 5.11 Å². The van der Waals surface area contributed by atoms with Crippen LogP contribution in [0, 0.1) is 0 Å². The van der Waals surface area contributed by atoms with Gasteiger partial charge in [-0.25, -0.2) is 0 Å². The summed E-state index contributed by atoms with van der Waals surface area (Å²) in [6, 6.07) is 6.07. The number of nitrogens with zero attached hydrogens (tertiary/aromatic N) is 1. The molecule has 0 fully saturated rings. The van der Waals surface area contributed by atoms with E-state index in [0.717, 1.165) is 18.4 Å². The summed E-state index contributed by atoms with van der Waals surface area (Å²) >= 11 is 0. The van der Waals surface area contributed by atoms with Crippen molar-refractivity contribution in [2.45, 2.75) is 45.4 Å². The van der Waals surface area contributed by atoms with Gasteiger partial charge in [-0.1, -0.05) is 12.1 Å². The molecular formula is C15H21F2NO3. The zero-order valence-corrected chi connectivity index (χ0v) is 12.4. The third kappa shape index (κ3) is 5.67. The van der Waals surface area contributed by atoms with E-state index >= 15 is 0 Å². The molecule has 1 rings (SSSR count). The lowest BCUT2D eigenvalue weighted by molar-refractivity contribution is -0.142. The van der Waals surface area contributed by atoms with E-state index in [-0.39, 0.29) is 11.8 Å². The quantitative estimate of drug-likeness (QED) is 0.802. The monoisotopic (exact) mass is 301 g/mol. The molecule has 0 bridgehead atoms. The van der Waals surface area contributed by atoms with Crippen molar-refractivity contribution in [1.29, 1.82) is 0 Å². The van der Waals surface area contributed by atoms with Gasteiger partial charge >= 0.3 is 12.6 Å². The number of hydrogen-bond acceptors (Lipinski definition) is 3. The Labute approximate surface area is 123 Å². The highest BCUT2D eigenvalue weighted by atomic mass is 19.3. The Kier molecular flexibility index (Phi) is 6.55. The highest BCUT2D eigenvalue weighted by Crippen LogP contribution is 2.17. The fraction of sp³-hybridized carbons (Fsp3) is 0.533. The molecule has 0 heterocycles. The lowest BCUT2D eigenvalue weighted by Gasteiger charge is -2.28. The van der Waals surface area contributed by atoms with E-state index < -0.39 is 18.6 Å². The summed E-state index contributed by atoms with van der Waals surface area (Å²) in [4.78, 5) is 12.7. The second kappa shape index (κ2) is 7.93. The minimum Gasteiger partial charge on any atom is -0.480 e. The molecule has 0 aromatic heterocycles. The summed E-state index contributed by atoms with van der Waals surface area (Å²) in [7, 11) is 1.78. The molecule has 1 aromatic carbocycles. The number of halogens is 2. The number of aryl methyl sites for hydroxylation is 1. The van der Waals surface area contributed by atoms with Crippen molar-refractivity contribution in [2.75, 3.05) is 7.05 Å². The van der Waals surface area contributed by atoms with Crippen LogP contribution in [0.25, 0.3) is 0 Å². The summed E-state index contributed by atoms with van der Waals surface area (Å²) < 4.78 is 28.3. The fourth-order valence-corrected chi connectivity index (χ4v) is 1.97. The molecular weight excluding hydrogens is 280 g/mol. The lowest BCUT2D eigenvalue weighted by Crippen LogP contribution is -2.41. The molecule has 1 aromatic rings. The number of rotatable bonds is 8. The molecule has 0 saturated heterocycles. The summed E-state index contributed by atoms with van der Waals surface area (Å²) in [6.07, 6.45) is 1.52. The van der Waals surface area contributed by atoms with E-state index in [1.807, 2.05) is 6.92 Å². The van der Waals surface area contributed by atoms with Crippen LogP contribution in [0.5, 0.6) is 5.75 Å². The van der Waals surface area contributed by atoms with Crippen molar-refractivity contribution < 1.29 is 23.4 Å². The topological polar surface area (TPSA) is 49.8 Å². The summed E-state index contributed by atoms with van der Waals surface area (Å²) in [5.74, 6) is -0.712. The van der Waals surface area contributed by atoms with Gasteiger partial charge in [-0.15, -0.1) is 0 Å². The Morgan fingerprint density at radius 2 is 1.86 bits per heavy atom. The zero-order valence-electron chi connectivity index (χ0n) is 12.4. The molecule has 0 spiro atoms. The van der Waals surface area contributed by atoms with Crippen molar-refractivity contribution in [3.05, 3.63) is 29.8 Å². The van der Waals surface area contributed by atoms with Crippen LogP contribution in [0.15, 0.2) is 24.3 Å². The number of carbonyl (C=O) groups is 1. The predicted molar refractivity (Wildman–Crippen MR) is 75.7 cm³/mol. The van der Waals surface area contributed by atoms with E-state index in [1.165, 1.54) is 12.1 Å². The molecule has 4 nitrogen and oxygen atoms in total. The highest BCUT2D eigenvalue weighted by molar-refractivity contribution is 5.72. The van der Waals surface area contributed by atoms with Crippen LogP contribution in [-0.4, -0.2) is 41.7 Å². The van der Waals surface area contributed by atoms with Crippen molar-refractivity contribution in [3.8, 4) is 5.75 Å². The van der Waals surface area contributed by atoms with Crippen molar-refractivity contribution in [1.82, 2.24) is 4.90 Å². The van der Waals surface area contributed by atoms with Crippen molar-refractivity contribution in [3.63, 3.8) is 0 Å². The van der Waals surface area contributed by atoms with Gasteiger partial charge in [-0.05, 0) is 51.4 Å². The first-order chi connectivity index (χ1) is 9.81. The fourth-order valence-electron chi connectivity index (χ4n) is 1.97. The van der Waals surface area contributed by atoms with Crippen LogP contribution >= 0.6 is 0 Å². The highest BCUT2D eigenvalue weighted by Gasteiger charge is 2.21. The van der Waals surface area contributed by atoms with Gasteiger partial charge in [-0.2, -0.15) is 8.78 Å². The minimum atomic E-state index is -2.82. The normalized spacial score (nSPS) is 14.2. The van der Waals surface area contributed by atoms with Crippen LogP contribution in [0.1, 0.15) is 25.8 Å². The van der Waals surface area contributed by atoms with Crippen LogP contribution in [0.3, 0.4) is 0 Å². The number of benzene rings is 1. The van der Waals surface area contributed by atoms with Crippen LogP contribution in [0.4, 0.5) is 8.78 Å². The molecule has 2 atom stereocenters. The lowest BCUT2D eigenvalue weighted by atomic mass is 10.0. The van der Waals surface area contributed by atoms with Gasteiger partial charge in [0.2, 0.25) is 0 Å². The van der Waals surface area contributed by atoms with E-state index in [0.29, 0.717) is 0 Å². The minimum absolute atomic E-state index is 0.105. The predicted octanol–water partition coefficient (Wildman–Crippen LogP) is 3.01. The number of carboxylic acid groups (broad SMARTS) is 1. The van der Waals surface area contributed by atoms with E-state index in [9.17, 15) is 13.6 Å². The van der Waals surface area contributed by atoms with Crippen molar-refractivity contribution in [2.24, 2.45) is 0 Å². The number of hydrogen-bond donors (Lipinski definition) is 1. The molecule has 0 aliphatic carbocycles. The number of carboxylic acids is 1. The molecule has 0 saturated carbocycles. The number of ether oxygens (including phenoxy) is 1. The first kappa shape index (κ1) is 17.4. The molecule has 1 N–H and O–H groups in total. The average Bonchev–Trinajstić information content (AvgIpc) is 2.43. The third-order valence-corrected chi connectivity index (χ3v) is 3.66. The van der Waals surface area contributed by atoms with Gasteiger partial charge in [0, 0.05) is 6.04 Å². The Bertz CT molecular complexity index is 451. The summed E-state index contributed by atoms with van der Waals surface area (Å²) in [6.45, 7) is 0.797. The smallest absolute Gasteiger partial charge is 0.387 e. The van der Waals surface area contributed by atoms with Gasteiger partial charge < -0.3 is 9.84 Å². The molecule has 2 unspecified atom stereocenters. The third-order valence-electron chi connectivity index (χ3n) is 3.66. The van der Waals surface area contributed by atoms with Gasteiger partial charge in [-0.3, -0.25) is 9.69 Å². The molecule has 0 amide bonds. The number of likely N-dealkylation sites (N-methyl/N-ethyl adjacent to an activating group) is 1. The number of alkyl halides is 2. The Hall–Kier alpha value is -1.69. The summed E-state index contributed by atoms with van der Waals surface area (Å²) in [5, 5.41) is 8.97. The maximum Gasteiger partial charge on any atom is 0.387 e. The van der Waals surface area contributed by atoms with Gasteiger partial charge in [0.05, 0.1) is 0 Å². The molecule has 6 heteroatoms. The van der Waals surface area contributed by atoms with Crippen molar-refractivity contribution >= 4 is 5.97 Å². The van der Waals surface area contributed by atoms with Gasteiger partial charge in [0.25, 0.3) is 0 Å². The Morgan fingerprint density at radius 3 is 2.33 bits per heavy atom. The molecule has 0 aliphatic heterocycles. The van der Waals surface area contributed by atoms with E-state index in [1.54, 1.807) is 31.0 Å². The Balaban J connectivity index is 2.49. The first-order valence-corrected chi connectivity index (χ1v) is 6.79. The largest absolute Gasteiger partial charge is 0.480 e. The maximum absolute atomic E-state index is 12.0. The van der Waals surface area contributed by atoms with Crippen LogP contribution in [-0.2, 0) is 11.2 Å². The second-order valence-electron chi connectivity index (χ2n) is 5.09. The van der Waals surface area contributed by atoms with E-state index in [2.05, 4.69) is 4.74 Å².